The van der Waals surface area contributed by atoms with Crippen LogP contribution >= 0.6 is 0 Å². The van der Waals surface area contributed by atoms with E-state index in [1.165, 1.54) is 18.2 Å². The average molecular weight is 445 g/mol. The Bertz CT molecular complexity index is 832. The second kappa shape index (κ2) is 8.28. The highest BCUT2D eigenvalue weighted by Gasteiger charge is 2.54. The van der Waals surface area contributed by atoms with Gasteiger partial charge in [-0.2, -0.15) is 13.2 Å². The Balaban J connectivity index is 1.65. The molecule has 5 atom stereocenters. The molecule has 1 amide bonds. The number of nitrogens with zero attached hydrogens (tertiary/aromatic N) is 2. The Labute approximate surface area is 177 Å². The Morgan fingerprint density at radius 1 is 1.29 bits per heavy atom. The molecule has 5 unspecified atom stereocenters. The van der Waals surface area contributed by atoms with Crippen molar-refractivity contribution in [1.29, 1.82) is 0 Å². The molecule has 172 valence electrons. The molecule has 0 spiro atoms. The van der Waals surface area contributed by atoms with Crippen molar-refractivity contribution in [2.75, 3.05) is 20.7 Å². The van der Waals surface area contributed by atoms with Gasteiger partial charge in [-0.3, -0.25) is 15.0 Å². The summed E-state index contributed by atoms with van der Waals surface area (Å²) >= 11 is 0. The van der Waals surface area contributed by atoms with Crippen LogP contribution < -0.4 is 16.1 Å². The van der Waals surface area contributed by atoms with Gasteiger partial charge in [0.25, 0.3) is 0 Å². The Kier molecular flexibility index (Phi) is 5.99. The maximum absolute atomic E-state index is 14.6. The van der Waals surface area contributed by atoms with Crippen LogP contribution in [0.3, 0.4) is 0 Å². The number of hydrogen-bond donors (Lipinski definition) is 4. The normalized spacial score (nSPS) is 30.4. The summed E-state index contributed by atoms with van der Waals surface area (Å²) in [7, 11) is 3.61. The number of amides is 1. The fourth-order valence-electron chi connectivity index (χ4n) is 4.55. The van der Waals surface area contributed by atoms with Crippen molar-refractivity contribution in [3.63, 3.8) is 0 Å². The second-order valence-corrected chi connectivity index (χ2v) is 8.76. The summed E-state index contributed by atoms with van der Waals surface area (Å²) in [6.45, 7) is -0.268. The average Bonchev–Trinajstić information content (AvgIpc) is 3.44. The summed E-state index contributed by atoms with van der Waals surface area (Å²) in [5.41, 5.74) is 3.36. The molecule has 1 saturated carbocycles. The number of benzene rings is 1. The number of nitrogens with one attached hydrogen (secondary N) is 3. The second-order valence-electron chi connectivity index (χ2n) is 8.76. The van der Waals surface area contributed by atoms with E-state index in [1.54, 1.807) is 4.90 Å². The SMILES string of the molecule is CN(C)C1NC(=O)C2C(CO)NN(C(c3ccc(CC(F)(F)F)c(F)c3)C3CC3)C2N1. The molecule has 1 aromatic carbocycles. The van der Waals surface area contributed by atoms with Gasteiger partial charge in [0, 0.05) is 0 Å². The highest BCUT2D eigenvalue weighted by molar-refractivity contribution is 5.81. The highest BCUT2D eigenvalue weighted by Crippen LogP contribution is 2.47. The quantitative estimate of drug-likeness (QED) is 0.491. The van der Waals surface area contributed by atoms with E-state index in [1.807, 2.05) is 19.1 Å². The van der Waals surface area contributed by atoms with E-state index in [0.717, 1.165) is 12.8 Å². The summed E-state index contributed by atoms with van der Waals surface area (Å²) in [4.78, 5) is 14.6. The van der Waals surface area contributed by atoms with Gasteiger partial charge in [-0.25, -0.2) is 14.8 Å². The molecule has 2 saturated heterocycles. The van der Waals surface area contributed by atoms with Gasteiger partial charge in [-0.05, 0) is 50.0 Å². The smallest absolute Gasteiger partial charge is 0.393 e. The van der Waals surface area contributed by atoms with Crippen LogP contribution in [0.15, 0.2) is 18.2 Å². The Hall–Kier alpha value is -1.79. The first kappa shape index (κ1) is 22.4. The van der Waals surface area contributed by atoms with Crippen LogP contribution in [0.25, 0.3) is 0 Å². The molecule has 0 radical (unpaired) electrons. The van der Waals surface area contributed by atoms with Gasteiger partial charge in [-0.15, -0.1) is 0 Å². The first-order chi connectivity index (χ1) is 14.6. The summed E-state index contributed by atoms with van der Waals surface area (Å²) < 4.78 is 52.7. The van der Waals surface area contributed by atoms with Crippen LogP contribution in [0, 0.1) is 17.7 Å². The number of carbonyl (C=O) groups excluding carboxylic acids is 1. The van der Waals surface area contributed by atoms with Gasteiger partial charge < -0.3 is 10.4 Å². The lowest BCUT2D eigenvalue weighted by Gasteiger charge is -2.42. The first-order valence-corrected chi connectivity index (χ1v) is 10.3. The minimum atomic E-state index is -4.49. The van der Waals surface area contributed by atoms with E-state index in [2.05, 4.69) is 16.1 Å². The van der Waals surface area contributed by atoms with Crippen molar-refractivity contribution in [3.05, 3.63) is 35.1 Å². The topological polar surface area (TPSA) is 79.9 Å². The van der Waals surface area contributed by atoms with E-state index in [4.69, 9.17) is 0 Å². The number of hydrazine groups is 1. The fourth-order valence-corrected chi connectivity index (χ4v) is 4.55. The predicted molar refractivity (Wildman–Crippen MR) is 104 cm³/mol. The molecule has 1 aliphatic carbocycles. The van der Waals surface area contributed by atoms with Gasteiger partial charge >= 0.3 is 6.18 Å². The van der Waals surface area contributed by atoms with Crippen LogP contribution in [0.5, 0.6) is 0 Å². The van der Waals surface area contributed by atoms with Gasteiger partial charge in [0.05, 0.1) is 37.2 Å². The Morgan fingerprint density at radius 3 is 2.55 bits per heavy atom. The van der Waals surface area contributed by atoms with Crippen molar-refractivity contribution >= 4 is 5.91 Å². The Morgan fingerprint density at radius 2 is 2.00 bits per heavy atom. The molecule has 0 aromatic heterocycles. The summed E-state index contributed by atoms with van der Waals surface area (Å²) in [6, 6.07) is 3.01. The molecule has 0 bridgehead atoms. The lowest BCUT2D eigenvalue weighted by Crippen LogP contribution is -2.68. The number of fused-ring (bicyclic) bond motifs is 1. The molecule has 11 heteroatoms. The first-order valence-electron chi connectivity index (χ1n) is 10.3. The number of aliphatic hydroxyl groups excluding tert-OH is 1. The predicted octanol–water partition coefficient (Wildman–Crippen LogP) is 1.07. The van der Waals surface area contributed by atoms with Crippen LogP contribution in [0.4, 0.5) is 17.6 Å². The van der Waals surface area contributed by atoms with Gasteiger partial charge in [0.1, 0.15) is 12.1 Å². The monoisotopic (exact) mass is 445 g/mol. The van der Waals surface area contributed by atoms with Crippen molar-refractivity contribution in [3.8, 4) is 0 Å². The zero-order valence-electron chi connectivity index (χ0n) is 17.3. The van der Waals surface area contributed by atoms with Crippen molar-refractivity contribution in [2.45, 2.75) is 50.0 Å². The van der Waals surface area contributed by atoms with E-state index < -0.39 is 48.4 Å². The molecular formula is C20H27F4N5O2. The van der Waals surface area contributed by atoms with E-state index in [-0.39, 0.29) is 24.5 Å². The summed E-state index contributed by atoms with van der Waals surface area (Å²) in [6.07, 6.45) is -4.93. The fraction of sp³-hybridized carbons (Fsp3) is 0.650. The standard InChI is InChI=1S/C20H27F4N5O2/c1-28(2)19-25-17-15(18(31)26-19)14(9-30)27-29(17)16(10-3-4-10)11-5-6-12(13(21)7-11)8-20(22,23)24/h5-7,10,14-17,19,25,27,30H,3-4,8-9H2,1-2H3,(H,26,31). The molecule has 4 N–H and O–H groups in total. The third-order valence-corrected chi connectivity index (χ3v) is 6.19. The van der Waals surface area contributed by atoms with Crippen LogP contribution in [-0.2, 0) is 11.2 Å². The molecular weight excluding hydrogens is 418 g/mol. The molecule has 2 heterocycles. The summed E-state index contributed by atoms with van der Waals surface area (Å²) in [5.74, 6) is -1.51. The number of carbonyl (C=O) groups is 1. The minimum absolute atomic E-state index is 0.169. The van der Waals surface area contributed by atoms with Gasteiger partial charge in [0.2, 0.25) is 5.91 Å². The zero-order valence-corrected chi connectivity index (χ0v) is 17.3. The maximum Gasteiger partial charge on any atom is 0.393 e. The number of hydrogen-bond acceptors (Lipinski definition) is 6. The van der Waals surface area contributed by atoms with Crippen molar-refractivity contribution in [2.24, 2.45) is 11.8 Å². The lowest BCUT2D eigenvalue weighted by molar-refractivity contribution is -0.134. The number of alkyl halides is 3. The largest absolute Gasteiger partial charge is 0.395 e. The van der Waals surface area contributed by atoms with E-state index in [9.17, 15) is 27.5 Å². The van der Waals surface area contributed by atoms with E-state index in [0.29, 0.717) is 5.56 Å². The lowest BCUT2D eigenvalue weighted by atomic mass is 9.94. The zero-order chi connectivity index (χ0) is 22.5. The molecule has 31 heavy (non-hydrogen) atoms. The number of halogens is 4. The molecule has 3 fully saturated rings. The van der Waals surface area contributed by atoms with Crippen molar-refractivity contribution in [1.82, 2.24) is 26.0 Å². The molecule has 2 aliphatic heterocycles. The van der Waals surface area contributed by atoms with Gasteiger partial charge in [-0.1, -0.05) is 12.1 Å². The molecule has 1 aromatic rings. The maximum atomic E-state index is 14.6. The van der Waals surface area contributed by atoms with Crippen LogP contribution in [-0.4, -0.2) is 66.3 Å². The van der Waals surface area contributed by atoms with E-state index >= 15 is 0 Å². The van der Waals surface area contributed by atoms with Gasteiger partial charge in [0.15, 0.2) is 0 Å². The molecule has 7 nitrogen and oxygen atoms in total. The highest BCUT2D eigenvalue weighted by atomic mass is 19.4. The number of rotatable bonds is 6. The third kappa shape index (κ3) is 4.56. The van der Waals surface area contributed by atoms with Crippen LogP contribution in [0.1, 0.15) is 30.0 Å². The summed E-state index contributed by atoms with van der Waals surface area (Å²) in [5, 5.41) is 17.9. The minimum Gasteiger partial charge on any atom is -0.395 e. The van der Waals surface area contributed by atoms with Crippen molar-refractivity contribution < 1.29 is 27.5 Å². The third-order valence-electron chi connectivity index (χ3n) is 6.19. The molecule has 4 rings (SSSR count). The van der Waals surface area contributed by atoms with Crippen LogP contribution in [0.2, 0.25) is 0 Å². The molecule has 3 aliphatic rings. The number of aliphatic hydroxyl groups is 1.